The fraction of sp³-hybridized carbons (Fsp3) is 0.500. The second-order valence-electron chi connectivity index (χ2n) is 5.13. The van der Waals surface area contributed by atoms with Gasteiger partial charge in [-0.3, -0.25) is 4.90 Å². The van der Waals surface area contributed by atoms with Crippen LogP contribution in [-0.2, 0) is 9.84 Å². The summed E-state index contributed by atoms with van der Waals surface area (Å²) in [5.41, 5.74) is 7.11. The number of anilines is 2. The van der Waals surface area contributed by atoms with Crippen molar-refractivity contribution in [1.29, 1.82) is 0 Å². The summed E-state index contributed by atoms with van der Waals surface area (Å²) < 4.78 is 23.5. The zero-order valence-electron chi connectivity index (χ0n) is 12.2. The maximum absolute atomic E-state index is 12.3. The van der Waals surface area contributed by atoms with Gasteiger partial charge in [-0.15, -0.1) is 0 Å². The molecule has 2 amide bonds. The minimum Gasteiger partial charge on any atom is -0.397 e. The van der Waals surface area contributed by atoms with E-state index in [9.17, 15) is 13.2 Å². The summed E-state index contributed by atoms with van der Waals surface area (Å²) in [6.07, 6.45) is 0.600. The number of carbonyl (C=O) groups is 1. The van der Waals surface area contributed by atoms with E-state index in [1.54, 1.807) is 21.9 Å². The molecule has 0 aromatic heterocycles. The Morgan fingerprint density at radius 3 is 2.57 bits per heavy atom. The van der Waals surface area contributed by atoms with Crippen LogP contribution >= 0.6 is 0 Å². The van der Waals surface area contributed by atoms with Crippen LogP contribution in [0.3, 0.4) is 0 Å². The molecule has 1 aromatic carbocycles. The zero-order valence-corrected chi connectivity index (χ0v) is 13.0. The lowest BCUT2D eigenvalue weighted by molar-refractivity contribution is 0.223. The molecule has 0 spiro atoms. The third kappa shape index (κ3) is 3.66. The third-order valence-corrected chi connectivity index (χ3v) is 5.34. The maximum Gasteiger partial charge on any atom is 0.324 e. The van der Waals surface area contributed by atoms with Gasteiger partial charge in [0, 0.05) is 25.4 Å². The monoisotopic (exact) mass is 311 g/mol. The molecule has 7 heteroatoms. The minimum atomic E-state index is -3.07. The molecule has 1 saturated heterocycles. The molecule has 1 fully saturated rings. The van der Waals surface area contributed by atoms with E-state index in [2.05, 4.69) is 0 Å². The second kappa shape index (κ2) is 6.34. The van der Waals surface area contributed by atoms with Crippen molar-refractivity contribution in [3.63, 3.8) is 0 Å². The van der Waals surface area contributed by atoms with Crippen molar-refractivity contribution in [1.82, 2.24) is 4.90 Å². The lowest BCUT2D eigenvalue weighted by Crippen LogP contribution is -2.35. The lowest BCUT2D eigenvalue weighted by Gasteiger charge is -2.19. The number of benzene rings is 1. The number of hydrogen-bond donors (Lipinski definition) is 1. The normalized spacial score (nSPS) is 15.8. The SMILES string of the molecule is CCCS(=O)(=O)CCN1CCN(c2ccccc2N)C1=O. The van der Waals surface area contributed by atoms with Crippen LogP contribution in [0.5, 0.6) is 0 Å². The first-order valence-electron chi connectivity index (χ1n) is 7.06. The molecular weight excluding hydrogens is 290 g/mol. The van der Waals surface area contributed by atoms with Gasteiger partial charge in [0.25, 0.3) is 0 Å². The number of amides is 2. The van der Waals surface area contributed by atoms with Crippen LogP contribution in [0.1, 0.15) is 13.3 Å². The topological polar surface area (TPSA) is 83.7 Å². The van der Waals surface area contributed by atoms with Crippen molar-refractivity contribution >= 4 is 27.2 Å². The third-order valence-electron chi connectivity index (χ3n) is 3.51. The van der Waals surface area contributed by atoms with Gasteiger partial charge in [-0.2, -0.15) is 0 Å². The highest BCUT2D eigenvalue weighted by Gasteiger charge is 2.30. The van der Waals surface area contributed by atoms with E-state index >= 15 is 0 Å². The highest BCUT2D eigenvalue weighted by atomic mass is 32.2. The van der Waals surface area contributed by atoms with E-state index in [1.807, 2.05) is 19.1 Å². The first-order chi connectivity index (χ1) is 9.94. The Balaban J connectivity index is 2.01. The lowest BCUT2D eigenvalue weighted by atomic mass is 10.2. The molecular formula is C14H21N3O3S. The molecule has 6 nitrogen and oxygen atoms in total. The Morgan fingerprint density at radius 1 is 1.19 bits per heavy atom. The van der Waals surface area contributed by atoms with Crippen LogP contribution in [0.2, 0.25) is 0 Å². The van der Waals surface area contributed by atoms with Crippen molar-refractivity contribution in [2.24, 2.45) is 0 Å². The summed E-state index contributed by atoms with van der Waals surface area (Å²) in [4.78, 5) is 15.5. The number of para-hydroxylation sites is 2. The summed E-state index contributed by atoms with van der Waals surface area (Å²) >= 11 is 0. The standard InChI is InChI=1S/C14H21N3O3S/c1-2-10-21(19,20)11-9-16-7-8-17(14(16)18)13-6-4-3-5-12(13)15/h3-6H,2,7-11,15H2,1H3. The molecule has 0 aliphatic carbocycles. The fourth-order valence-corrected chi connectivity index (χ4v) is 3.73. The number of nitrogens with two attached hydrogens (primary N) is 1. The van der Waals surface area contributed by atoms with Crippen LogP contribution in [0.4, 0.5) is 16.2 Å². The number of carbonyl (C=O) groups excluding carboxylic acids is 1. The summed E-state index contributed by atoms with van der Waals surface area (Å²) in [6, 6.07) is 7.00. The number of nitrogens with zero attached hydrogens (tertiary/aromatic N) is 2. The van der Waals surface area contributed by atoms with Gasteiger partial charge in [-0.1, -0.05) is 19.1 Å². The largest absolute Gasteiger partial charge is 0.397 e. The van der Waals surface area contributed by atoms with E-state index in [1.165, 1.54) is 0 Å². The maximum atomic E-state index is 12.3. The van der Waals surface area contributed by atoms with Crippen LogP contribution in [-0.4, -0.2) is 50.5 Å². The highest BCUT2D eigenvalue weighted by molar-refractivity contribution is 7.91. The molecule has 0 radical (unpaired) electrons. The van der Waals surface area contributed by atoms with Gasteiger partial charge in [-0.05, 0) is 18.6 Å². The van der Waals surface area contributed by atoms with Crippen molar-refractivity contribution in [3.05, 3.63) is 24.3 Å². The smallest absolute Gasteiger partial charge is 0.324 e. The van der Waals surface area contributed by atoms with Crippen LogP contribution in [0, 0.1) is 0 Å². The summed E-state index contributed by atoms with van der Waals surface area (Å²) in [5, 5.41) is 0. The van der Waals surface area contributed by atoms with Gasteiger partial charge in [-0.25, -0.2) is 13.2 Å². The Hall–Kier alpha value is -1.76. The molecule has 0 bridgehead atoms. The molecule has 0 atom stereocenters. The molecule has 2 rings (SSSR count). The van der Waals surface area contributed by atoms with Gasteiger partial charge in [0.2, 0.25) is 0 Å². The van der Waals surface area contributed by atoms with Crippen molar-refractivity contribution in [2.75, 3.05) is 41.8 Å². The zero-order chi connectivity index (χ0) is 15.5. The number of hydrogen-bond acceptors (Lipinski definition) is 4. The summed E-state index contributed by atoms with van der Waals surface area (Å²) in [5.74, 6) is 0.190. The molecule has 1 heterocycles. The van der Waals surface area contributed by atoms with E-state index in [0.29, 0.717) is 30.9 Å². The average molecular weight is 311 g/mol. The van der Waals surface area contributed by atoms with Crippen LogP contribution < -0.4 is 10.6 Å². The van der Waals surface area contributed by atoms with Crippen LogP contribution in [0.25, 0.3) is 0 Å². The molecule has 0 saturated carbocycles. The van der Waals surface area contributed by atoms with Gasteiger partial charge in [0.1, 0.15) is 0 Å². The van der Waals surface area contributed by atoms with Crippen molar-refractivity contribution in [2.45, 2.75) is 13.3 Å². The number of rotatable bonds is 6. The Kier molecular flexibility index (Phi) is 4.72. The molecule has 1 aliphatic rings. The number of sulfone groups is 1. The highest BCUT2D eigenvalue weighted by Crippen LogP contribution is 2.26. The quantitative estimate of drug-likeness (QED) is 0.803. The van der Waals surface area contributed by atoms with E-state index < -0.39 is 9.84 Å². The number of nitrogen functional groups attached to an aromatic ring is 1. The van der Waals surface area contributed by atoms with Gasteiger partial charge in [0.15, 0.2) is 9.84 Å². The average Bonchev–Trinajstić information content (AvgIpc) is 2.78. The summed E-state index contributed by atoms with van der Waals surface area (Å²) in [6.45, 7) is 3.12. The van der Waals surface area contributed by atoms with E-state index in [-0.39, 0.29) is 24.1 Å². The fourth-order valence-electron chi connectivity index (χ4n) is 2.41. The van der Waals surface area contributed by atoms with Crippen LogP contribution in [0.15, 0.2) is 24.3 Å². The second-order valence-corrected chi connectivity index (χ2v) is 7.44. The molecule has 1 aromatic rings. The molecule has 116 valence electrons. The van der Waals surface area contributed by atoms with Crippen molar-refractivity contribution < 1.29 is 13.2 Å². The van der Waals surface area contributed by atoms with E-state index in [0.717, 1.165) is 0 Å². The Bertz CT molecular complexity index is 616. The van der Waals surface area contributed by atoms with Gasteiger partial charge < -0.3 is 10.6 Å². The van der Waals surface area contributed by atoms with E-state index in [4.69, 9.17) is 5.73 Å². The molecule has 21 heavy (non-hydrogen) atoms. The molecule has 1 aliphatic heterocycles. The first-order valence-corrected chi connectivity index (χ1v) is 8.88. The minimum absolute atomic E-state index is 0.0185. The Labute approximate surface area is 125 Å². The first kappa shape index (κ1) is 15.6. The van der Waals surface area contributed by atoms with Gasteiger partial charge >= 0.3 is 6.03 Å². The predicted octanol–water partition coefficient (Wildman–Crippen LogP) is 1.34. The molecule has 2 N–H and O–H groups in total. The van der Waals surface area contributed by atoms with Gasteiger partial charge in [0.05, 0.1) is 17.1 Å². The molecule has 0 unspecified atom stereocenters. The summed E-state index contributed by atoms with van der Waals surface area (Å²) in [7, 11) is -3.07. The van der Waals surface area contributed by atoms with Crippen molar-refractivity contribution in [3.8, 4) is 0 Å². The Morgan fingerprint density at radius 2 is 1.90 bits per heavy atom. The number of urea groups is 1. The predicted molar refractivity (Wildman–Crippen MR) is 84.1 cm³/mol.